The highest BCUT2D eigenvalue weighted by molar-refractivity contribution is 5.84. The average molecular weight is 312 g/mol. The number of aliphatic hydroxyl groups excluding tert-OH is 7. The molecule has 1 saturated heterocycles. The monoisotopic (exact) mass is 312 g/mol. The van der Waals surface area contributed by atoms with Gasteiger partial charge in [0.25, 0.3) is 0 Å². The zero-order chi connectivity index (χ0) is 16.2. The Hall–Kier alpha value is -0.690. The molecule has 1 heterocycles. The topological polar surface area (TPSA) is 177 Å². The SMILES string of the molecule is O=C(CO)[C@@H](O[C@@H]1O[C@H](CO)[C@H](O)[C@H](O)[C@H]1O)[C@H](O)CO. The molecule has 1 fully saturated rings. The van der Waals surface area contributed by atoms with E-state index in [9.17, 15) is 25.2 Å². The van der Waals surface area contributed by atoms with Gasteiger partial charge in [-0.15, -0.1) is 0 Å². The number of aliphatic hydroxyl groups is 7. The number of rotatable bonds is 7. The molecule has 0 saturated carbocycles. The Morgan fingerprint density at radius 3 is 2.19 bits per heavy atom. The fourth-order valence-electron chi connectivity index (χ4n) is 1.89. The van der Waals surface area contributed by atoms with Gasteiger partial charge in [0.1, 0.15) is 43.2 Å². The Morgan fingerprint density at radius 1 is 1.10 bits per heavy atom. The van der Waals surface area contributed by atoms with Crippen LogP contribution in [0, 0.1) is 0 Å². The van der Waals surface area contributed by atoms with Crippen LogP contribution in [0.1, 0.15) is 0 Å². The third-order valence-electron chi connectivity index (χ3n) is 3.14. The van der Waals surface area contributed by atoms with Gasteiger partial charge in [0.2, 0.25) is 0 Å². The molecular weight excluding hydrogens is 292 g/mol. The van der Waals surface area contributed by atoms with E-state index in [1.165, 1.54) is 0 Å². The maximum absolute atomic E-state index is 11.4. The lowest BCUT2D eigenvalue weighted by Gasteiger charge is -2.40. The van der Waals surface area contributed by atoms with Crippen molar-refractivity contribution in [3.63, 3.8) is 0 Å². The lowest BCUT2D eigenvalue weighted by Crippen LogP contribution is -2.60. The van der Waals surface area contributed by atoms with Gasteiger partial charge in [-0.05, 0) is 0 Å². The number of hydrogen-bond donors (Lipinski definition) is 7. The van der Waals surface area contributed by atoms with Gasteiger partial charge in [0.15, 0.2) is 12.1 Å². The van der Waals surface area contributed by atoms with Crippen LogP contribution in [-0.4, -0.2) is 104 Å². The number of carbonyl (C=O) groups is 1. The number of carbonyl (C=O) groups excluding carboxylic acids is 1. The Morgan fingerprint density at radius 2 is 1.71 bits per heavy atom. The molecule has 0 aromatic carbocycles. The average Bonchev–Trinajstić information content (AvgIpc) is 2.50. The molecule has 1 aliphatic heterocycles. The highest BCUT2D eigenvalue weighted by atomic mass is 16.7. The minimum absolute atomic E-state index is 0.689. The smallest absolute Gasteiger partial charge is 0.189 e. The van der Waals surface area contributed by atoms with Crippen molar-refractivity contribution in [3.8, 4) is 0 Å². The Bertz CT molecular complexity index is 335. The second-order valence-corrected chi connectivity index (χ2v) is 4.63. The molecule has 0 bridgehead atoms. The van der Waals surface area contributed by atoms with Crippen LogP contribution >= 0.6 is 0 Å². The Labute approximate surface area is 119 Å². The number of hydrogen-bond acceptors (Lipinski definition) is 10. The van der Waals surface area contributed by atoms with Crippen LogP contribution in [0.25, 0.3) is 0 Å². The largest absolute Gasteiger partial charge is 0.394 e. The van der Waals surface area contributed by atoms with Crippen molar-refractivity contribution in [2.75, 3.05) is 19.8 Å². The number of ketones is 1. The molecule has 10 heteroatoms. The predicted octanol–water partition coefficient (Wildman–Crippen LogP) is -4.91. The summed E-state index contributed by atoms with van der Waals surface area (Å²) in [6.07, 6.45) is -11.4. The Kier molecular flexibility index (Phi) is 7.06. The molecule has 124 valence electrons. The first kappa shape index (κ1) is 18.4. The van der Waals surface area contributed by atoms with Gasteiger partial charge >= 0.3 is 0 Å². The molecule has 0 aromatic rings. The van der Waals surface area contributed by atoms with E-state index < -0.39 is 68.5 Å². The van der Waals surface area contributed by atoms with Crippen molar-refractivity contribution in [1.29, 1.82) is 0 Å². The van der Waals surface area contributed by atoms with E-state index in [0.29, 0.717) is 0 Å². The minimum atomic E-state index is -1.76. The summed E-state index contributed by atoms with van der Waals surface area (Å²) in [6, 6.07) is 0. The maximum atomic E-state index is 11.4. The van der Waals surface area contributed by atoms with Crippen LogP contribution in [0.4, 0.5) is 0 Å². The van der Waals surface area contributed by atoms with Gasteiger partial charge in [0.05, 0.1) is 13.2 Å². The fraction of sp³-hybridized carbons (Fsp3) is 0.909. The quantitative estimate of drug-likeness (QED) is 0.241. The van der Waals surface area contributed by atoms with Crippen molar-refractivity contribution in [2.45, 2.75) is 42.9 Å². The molecule has 0 spiro atoms. The van der Waals surface area contributed by atoms with Gasteiger partial charge in [-0.25, -0.2) is 0 Å². The molecule has 21 heavy (non-hydrogen) atoms. The molecule has 0 radical (unpaired) electrons. The summed E-state index contributed by atoms with van der Waals surface area (Å²) in [4.78, 5) is 11.4. The summed E-state index contributed by atoms with van der Waals surface area (Å²) in [6.45, 7) is -2.53. The van der Waals surface area contributed by atoms with E-state index in [2.05, 4.69) is 0 Å². The summed E-state index contributed by atoms with van der Waals surface area (Å²) >= 11 is 0. The normalized spacial score (nSPS) is 36.2. The van der Waals surface area contributed by atoms with Crippen LogP contribution in [-0.2, 0) is 14.3 Å². The first-order valence-corrected chi connectivity index (χ1v) is 6.25. The minimum Gasteiger partial charge on any atom is -0.394 e. The van der Waals surface area contributed by atoms with E-state index in [4.69, 9.17) is 24.8 Å². The maximum Gasteiger partial charge on any atom is 0.189 e. The lowest BCUT2D eigenvalue weighted by atomic mass is 9.99. The molecule has 0 amide bonds. The van der Waals surface area contributed by atoms with Crippen molar-refractivity contribution >= 4 is 5.78 Å². The van der Waals surface area contributed by atoms with E-state index in [1.807, 2.05) is 0 Å². The van der Waals surface area contributed by atoms with Gasteiger partial charge in [-0.2, -0.15) is 0 Å². The fourth-order valence-corrected chi connectivity index (χ4v) is 1.89. The van der Waals surface area contributed by atoms with E-state index in [-0.39, 0.29) is 0 Å². The van der Waals surface area contributed by atoms with Crippen molar-refractivity contribution in [3.05, 3.63) is 0 Å². The van der Waals surface area contributed by atoms with Gasteiger partial charge in [-0.3, -0.25) is 4.79 Å². The molecule has 7 N–H and O–H groups in total. The second kappa shape index (κ2) is 8.08. The van der Waals surface area contributed by atoms with Crippen LogP contribution < -0.4 is 0 Å². The van der Waals surface area contributed by atoms with Crippen molar-refractivity contribution < 1.29 is 50.0 Å². The van der Waals surface area contributed by atoms with E-state index in [0.717, 1.165) is 0 Å². The van der Waals surface area contributed by atoms with Crippen LogP contribution in [0.5, 0.6) is 0 Å². The second-order valence-electron chi connectivity index (χ2n) is 4.63. The molecule has 10 nitrogen and oxygen atoms in total. The molecule has 0 unspecified atom stereocenters. The summed E-state index contributed by atoms with van der Waals surface area (Å²) in [7, 11) is 0. The zero-order valence-electron chi connectivity index (χ0n) is 11.0. The highest BCUT2D eigenvalue weighted by Crippen LogP contribution is 2.23. The molecule has 1 aliphatic rings. The van der Waals surface area contributed by atoms with E-state index >= 15 is 0 Å². The van der Waals surface area contributed by atoms with Gasteiger partial charge in [0, 0.05) is 0 Å². The summed E-state index contributed by atoms with van der Waals surface area (Å²) < 4.78 is 9.98. The zero-order valence-corrected chi connectivity index (χ0v) is 11.0. The van der Waals surface area contributed by atoms with Gasteiger partial charge < -0.3 is 45.2 Å². The first-order valence-electron chi connectivity index (χ1n) is 6.25. The summed E-state index contributed by atoms with van der Waals surface area (Å²) in [5.41, 5.74) is 0. The molecule has 0 aliphatic carbocycles. The van der Waals surface area contributed by atoms with Crippen LogP contribution in [0.3, 0.4) is 0 Å². The molecule has 1 rings (SSSR count). The van der Waals surface area contributed by atoms with Crippen molar-refractivity contribution in [2.24, 2.45) is 0 Å². The third kappa shape index (κ3) is 4.16. The molecule has 0 aromatic heterocycles. The highest BCUT2D eigenvalue weighted by Gasteiger charge is 2.46. The molecule has 7 atom stereocenters. The predicted molar refractivity (Wildman–Crippen MR) is 63.8 cm³/mol. The van der Waals surface area contributed by atoms with Gasteiger partial charge in [-0.1, -0.05) is 0 Å². The lowest BCUT2D eigenvalue weighted by molar-refractivity contribution is -0.314. The summed E-state index contributed by atoms with van der Waals surface area (Å²) in [5.74, 6) is -0.978. The Balaban J connectivity index is 2.84. The first-order chi connectivity index (χ1) is 9.87. The third-order valence-corrected chi connectivity index (χ3v) is 3.14. The standard InChI is InChI=1S/C11H20O10/c12-1-4(15)10(5(16)2-13)21-11-9(19)8(18)7(17)6(3-14)20-11/h4,6-15,17-19H,1-3H2/t4-,6-,7+,8+,9-,10+,11+/m1/s1. The number of ether oxygens (including phenoxy) is 2. The number of Topliss-reactive ketones (excluding diaryl/α,β-unsaturated/α-hetero) is 1. The van der Waals surface area contributed by atoms with Crippen LogP contribution in [0.2, 0.25) is 0 Å². The molecular formula is C11H20O10. The van der Waals surface area contributed by atoms with E-state index in [1.54, 1.807) is 0 Å². The summed E-state index contributed by atoms with van der Waals surface area (Å²) in [5, 5.41) is 64.9. The van der Waals surface area contributed by atoms with Crippen LogP contribution in [0.15, 0.2) is 0 Å². The van der Waals surface area contributed by atoms with Crippen molar-refractivity contribution in [1.82, 2.24) is 0 Å².